The van der Waals surface area contributed by atoms with E-state index in [0.29, 0.717) is 29.9 Å². The molecule has 5 heteroatoms. The third kappa shape index (κ3) is 4.28. The van der Waals surface area contributed by atoms with Crippen LogP contribution in [-0.4, -0.2) is 36.5 Å². The Hall–Kier alpha value is -1.90. The zero-order valence-corrected chi connectivity index (χ0v) is 12.4. The average molecular weight is 286 g/mol. The van der Waals surface area contributed by atoms with E-state index in [0.717, 1.165) is 25.7 Å². The molecule has 0 radical (unpaired) electrons. The van der Waals surface area contributed by atoms with Crippen molar-refractivity contribution < 1.29 is 4.79 Å². The predicted molar refractivity (Wildman–Crippen MR) is 82.6 cm³/mol. The van der Waals surface area contributed by atoms with Crippen LogP contribution in [0.15, 0.2) is 24.3 Å². The second kappa shape index (κ2) is 7.21. The standard InChI is InChI=1S/C16H22N4O/c1-20(14-8-6-13(18)7-9-14)11-16(21)19-15-5-3-2-4-12(15)10-17/h2-5,13-14H,6-9,11,18H2,1H3,(H,19,21). The molecule has 21 heavy (non-hydrogen) atoms. The van der Waals surface area contributed by atoms with E-state index < -0.39 is 0 Å². The van der Waals surface area contributed by atoms with Crippen molar-refractivity contribution in [1.82, 2.24) is 4.90 Å². The number of nitrogens with zero attached hydrogens (tertiary/aromatic N) is 2. The molecule has 1 fully saturated rings. The minimum absolute atomic E-state index is 0.0879. The molecule has 0 aliphatic heterocycles. The van der Waals surface area contributed by atoms with Crippen molar-refractivity contribution in [2.75, 3.05) is 18.9 Å². The number of nitrogens with two attached hydrogens (primary N) is 1. The van der Waals surface area contributed by atoms with Crippen LogP contribution in [0.25, 0.3) is 0 Å². The van der Waals surface area contributed by atoms with Gasteiger partial charge in [0.1, 0.15) is 6.07 Å². The van der Waals surface area contributed by atoms with E-state index in [2.05, 4.69) is 16.3 Å². The van der Waals surface area contributed by atoms with E-state index in [9.17, 15) is 4.79 Å². The normalized spacial score (nSPS) is 21.8. The van der Waals surface area contributed by atoms with E-state index in [-0.39, 0.29) is 5.91 Å². The molecule has 0 unspecified atom stereocenters. The minimum atomic E-state index is -0.0879. The van der Waals surface area contributed by atoms with Crippen molar-refractivity contribution in [3.05, 3.63) is 29.8 Å². The predicted octanol–water partition coefficient (Wildman–Crippen LogP) is 1.70. The molecule has 0 spiro atoms. The van der Waals surface area contributed by atoms with Gasteiger partial charge in [-0.2, -0.15) is 5.26 Å². The van der Waals surface area contributed by atoms with E-state index in [1.165, 1.54) is 0 Å². The molecule has 1 aromatic rings. The maximum Gasteiger partial charge on any atom is 0.238 e. The number of rotatable bonds is 4. The molecule has 0 saturated heterocycles. The quantitative estimate of drug-likeness (QED) is 0.882. The van der Waals surface area contributed by atoms with Crippen molar-refractivity contribution in [3.63, 3.8) is 0 Å². The summed E-state index contributed by atoms with van der Waals surface area (Å²) in [4.78, 5) is 14.2. The molecule has 5 nitrogen and oxygen atoms in total. The Labute approximate surface area is 125 Å². The van der Waals surface area contributed by atoms with Gasteiger partial charge in [0.2, 0.25) is 5.91 Å². The molecular weight excluding hydrogens is 264 g/mol. The van der Waals surface area contributed by atoms with Gasteiger partial charge in [-0.15, -0.1) is 0 Å². The minimum Gasteiger partial charge on any atom is -0.328 e. The van der Waals surface area contributed by atoms with Gasteiger partial charge < -0.3 is 11.1 Å². The number of carbonyl (C=O) groups excluding carboxylic acids is 1. The van der Waals surface area contributed by atoms with Crippen LogP contribution < -0.4 is 11.1 Å². The summed E-state index contributed by atoms with van der Waals surface area (Å²) in [5, 5.41) is 11.8. The number of hydrogen-bond donors (Lipinski definition) is 2. The first-order valence-electron chi connectivity index (χ1n) is 7.35. The molecule has 0 aromatic heterocycles. The molecule has 1 aliphatic rings. The molecule has 1 aromatic carbocycles. The molecular formula is C16H22N4O. The summed E-state index contributed by atoms with van der Waals surface area (Å²) in [5.74, 6) is -0.0879. The zero-order valence-electron chi connectivity index (χ0n) is 12.4. The summed E-state index contributed by atoms with van der Waals surface area (Å²) < 4.78 is 0. The Morgan fingerprint density at radius 1 is 1.38 bits per heavy atom. The van der Waals surface area contributed by atoms with Gasteiger partial charge in [0.05, 0.1) is 17.8 Å². The highest BCUT2D eigenvalue weighted by atomic mass is 16.2. The number of carbonyl (C=O) groups is 1. The first-order chi connectivity index (χ1) is 10.1. The average Bonchev–Trinajstić information content (AvgIpc) is 2.48. The van der Waals surface area contributed by atoms with Crippen LogP contribution in [-0.2, 0) is 4.79 Å². The lowest BCUT2D eigenvalue weighted by atomic mass is 9.91. The Morgan fingerprint density at radius 3 is 2.71 bits per heavy atom. The monoisotopic (exact) mass is 286 g/mol. The first kappa shape index (κ1) is 15.5. The van der Waals surface area contributed by atoms with Crippen molar-refractivity contribution in [2.45, 2.75) is 37.8 Å². The van der Waals surface area contributed by atoms with Crippen LogP contribution in [0.3, 0.4) is 0 Å². The zero-order chi connectivity index (χ0) is 15.2. The molecule has 1 aliphatic carbocycles. The highest BCUT2D eigenvalue weighted by Crippen LogP contribution is 2.21. The van der Waals surface area contributed by atoms with Crippen LogP contribution in [0.5, 0.6) is 0 Å². The number of amides is 1. The summed E-state index contributed by atoms with van der Waals surface area (Å²) in [6, 6.07) is 9.84. The summed E-state index contributed by atoms with van der Waals surface area (Å²) in [6.07, 6.45) is 4.13. The van der Waals surface area contributed by atoms with Crippen LogP contribution >= 0.6 is 0 Å². The van der Waals surface area contributed by atoms with Crippen LogP contribution in [0.2, 0.25) is 0 Å². The molecule has 2 rings (SSSR count). The van der Waals surface area contributed by atoms with Crippen LogP contribution in [0, 0.1) is 11.3 Å². The SMILES string of the molecule is CN(CC(=O)Nc1ccccc1C#N)C1CCC(N)CC1. The van der Waals surface area contributed by atoms with E-state index >= 15 is 0 Å². The fourth-order valence-electron chi connectivity index (χ4n) is 2.78. The van der Waals surface area contributed by atoms with E-state index in [4.69, 9.17) is 11.0 Å². The Kier molecular flexibility index (Phi) is 5.32. The number of nitriles is 1. The van der Waals surface area contributed by atoms with Gasteiger partial charge in [0.15, 0.2) is 0 Å². The third-order valence-corrected chi connectivity index (χ3v) is 4.08. The van der Waals surface area contributed by atoms with Crippen molar-refractivity contribution in [2.24, 2.45) is 5.73 Å². The summed E-state index contributed by atoms with van der Waals surface area (Å²) >= 11 is 0. The molecule has 1 amide bonds. The van der Waals surface area contributed by atoms with Crippen molar-refractivity contribution >= 4 is 11.6 Å². The second-order valence-electron chi connectivity index (χ2n) is 5.69. The third-order valence-electron chi connectivity index (χ3n) is 4.08. The second-order valence-corrected chi connectivity index (χ2v) is 5.69. The summed E-state index contributed by atoms with van der Waals surface area (Å²) in [5.41, 5.74) is 6.96. The van der Waals surface area contributed by atoms with Gasteiger partial charge >= 0.3 is 0 Å². The van der Waals surface area contributed by atoms with Gasteiger partial charge in [0, 0.05) is 12.1 Å². The van der Waals surface area contributed by atoms with Gasteiger partial charge in [-0.1, -0.05) is 12.1 Å². The molecule has 0 heterocycles. The lowest BCUT2D eigenvalue weighted by molar-refractivity contribution is -0.117. The van der Waals surface area contributed by atoms with Crippen molar-refractivity contribution in [1.29, 1.82) is 5.26 Å². The Morgan fingerprint density at radius 2 is 2.05 bits per heavy atom. The largest absolute Gasteiger partial charge is 0.328 e. The fraction of sp³-hybridized carbons (Fsp3) is 0.500. The van der Waals surface area contributed by atoms with Gasteiger partial charge in [0.25, 0.3) is 0 Å². The lowest BCUT2D eigenvalue weighted by Gasteiger charge is -2.33. The van der Waals surface area contributed by atoms with Crippen LogP contribution in [0.1, 0.15) is 31.2 Å². The summed E-state index contributed by atoms with van der Waals surface area (Å²) in [6.45, 7) is 0.333. The smallest absolute Gasteiger partial charge is 0.238 e. The molecule has 0 bridgehead atoms. The Bertz CT molecular complexity index is 529. The topological polar surface area (TPSA) is 82.2 Å². The first-order valence-corrected chi connectivity index (χ1v) is 7.35. The number of hydrogen-bond acceptors (Lipinski definition) is 4. The van der Waals surface area contributed by atoms with Gasteiger partial charge in [-0.3, -0.25) is 9.69 Å². The highest BCUT2D eigenvalue weighted by molar-refractivity contribution is 5.93. The van der Waals surface area contributed by atoms with Crippen molar-refractivity contribution in [3.8, 4) is 6.07 Å². The molecule has 1 saturated carbocycles. The van der Waals surface area contributed by atoms with E-state index in [1.54, 1.807) is 18.2 Å². The maximum absolute atomic E-state index is 12.1. The molecule has 112 valence electrons. The van der Waals surface area contributed by atoms with E-state index in [1.807, 2.05) is 13.1 Å². The number of anilines is 1. The number of likely N-dealkylation sites (N-methyl/N-ethyl adjacent to an activating group) is 1. The molecule has 0 atom stereocenters. The van der Waals surface area contributed by atoms with Crippen LogP contribution in [0.4, 0.5) is 5.69 Å². The molecule has 3 N–H and O–H groups in total. The number of nitrogens with one attached hydrogen (secondary N) is 1. The highest BCUT2D eigenvalue weighted by Gasteiger charge is 2.23. The maximum atomic E-state index is 12.1. The number of benzene rings is 1. The fourth-order valence-corrected chi connectivity index (χ4v) is 2.78. The van der Waals surface area contributed by atoms with Gasteiger partial charge in [-0.05, 0) is 44.9 Å². The number of para-hydroxylation sites is 1. The Balaban J connectivity index is 1.88. The lowest BCUT2D eigenvalue weighted by Crippen LogP contribution is -2.42. The summed E-state index contributed by atoms with van der Waals surface area (Å²) in [7, 11) is 1.97. The van der Waals surface area contributed by atoms with Gasteiger partial charge in [-0.25, -0.2) is 0 Å².